The van der Waals surface area contributed by atoms with Crippen molar-refractivity contribution in [1.29, 1.82) is 0 Å². The smallest absolute Gasteiger partial charge is 0.305 e. The van der Waals surface area contributed by atoms with Crippen LogP contribution in [0.3, 0.4) is 0 Å². The molecule has 1 aromatic heterocycles. The van der Waals surface area contributed by atoms with Crippen LogP contribution in [0.25, 0.3) is 0 Å². The highest BCUT2D eigenvalue weighted by Crippen LogP contribution is 2.31. The second-order valence-electron chi connectivity index (χ2n) is 11.9. The van der Waals surface area contributed by atoms with E-state index >= 15 is 0 Å². The largest absolute Gasteiger partial charge is 0.459 e. The normalized spacial score (nSPS) is 25.1. The maximum Gasteiger partial charge on any atom is 0.305 e. The maximum atomic E-state index is 14.0. The van der Waals surface area contributed by atoms with Crippen LogP contribution in [0.5, 0.6) is 0 Å². The molecule has 1 aromatic rings. The van der Waals surface area contributed by atoms with Crippen LogP contribution in [-0.2, 0) is 14.4 Å². The predicted molar refractivity (Wildman–Crippen MR) is 141 cm³/mol. The summed E-state index contributed by atoms with van der Waals surface area (Å²) < 4.78 is 5.41. The summed E-state index contributed by atoms with van der Waals surface area (Å²) in [5, 5.41) is 4.28. The molecule has 0 bridgehead atoms. The van der Waals surface area contributed by atoms with Crippen molar-refractivity contribution >= 4 is 23.6 Å². The molecule has 2 N–H and O–H groups in total. The average Bonchev–Trinajstić information content (AvgIpc) is 3.36. The van der Waals surface area contributed by atoms with Gasteiger partial charge < -0.3 is 19.5 Å². The molecule has 1 saturated carbocycles. The molecule has 210 valence electrons. The molecule has 38 heavy (non-hydrogen) atoms. The van der Waals surface area contributed by atoms with Crippen LogP contribution in [0, 0.1) is 17.8 Å². The zero-order valence-electron chi connectivity index (χ0n) is 23.2. The first-order valence-corrected chi connectivity index (χ1v) is 14.2. The van der Waals surface area contributed by atoms with E-state index in [-0.39, 0.29) is 54.8 Å². The Labute approximate surface area is 225 Å². The van der Waals surface area contributed by atoms with E-state index in [2.05, 4.69) is 10.7 Å². The SMILES string of the molecule is CC(C)CC(=O)NC1CNN(C(=O)c2ccco2)C2CN(CC3CCCCC3)C(=O)[C@H](CC(C)C)N2C1=O. The van der Waals surface area contributed by atoms with Gasteiger partial charge in [0.15, 0.2) is 5.76 Å². The van der Waals surface area contributed by atoms with Crippen LogP contribution in [0.4, 0.5) is 0 Å². The Hall–Kier alpha value is -2.88. The number of nitrogens with one attached hydrogen (secondary N) is 2. The molecule has 10 heteroatoms. The Bertz CT molecular complexity index is 988. The summed E-state index contributed by atoms with van der Waals surface area (Å²) in [5.41, 5.74) is 3.13. The number of hydrogen-bond acceptors (Lipinski definition) is 6. The molecule has 1 aliphatic carbocycles. The second kappa shape index (κ2) is 12.3. The molecule has 2 unspecified atom stereocenters. The lowest BCUT2D eigenvalue weighted by atomic mass is 9.88. The Morgan fingerprint density at radius 1 is 1.08 bits per heavy atom. The monoisotopic (exact) mass is 529 g/mol. The van der Waals surface area contributed by atoms with Gasteiger partial charge in [-0.25, -0.2) is 10.4 Å². The topological polar surface area (TPSA) is 115 Å². The van der Waals surface area contributed by atoms with Crippen molar-refractivity contribution in [2.45, 2.75) is 90.9 Å². The summed E-state index contributed by atoms with van der Waals surface area (Å²) in [7, 11) is 0. The first-order chi connectivity index (χ1) is 18.2. The van der Waals surface area contributed by atoms with E-state index in [0.29, 0.717) is 18.9 Å². The number of nitrogens with zero attached hydrogens (tertiary/aromatic N) is 3. The van der Waals surface area contributed by atoms with Crippen LogP contribution < -0.4 is 10.7 Å². The number of hydrazine groups is 1. The summed E-state index contributed by atoms with van der Waals surface area (Å²) >= 11 is 0. The number of fused-ring (bicyclic) bond motifs is 1. The number of carbonyl (C=O) groups is 4. The van der Waals surface area contributed by atoms with Crippen LogP contribution in [0.15, 0.2) is 22.8 Å². The van der Waals surface area contributed by atoms with Gasteiger partial charge in [0.25, 0.3) is 0 Å². The van der Waals surface area contributed by atoms with Crippen molar-refractivity contribution < 1.29 is 23.6 Å². The van der Waals surface area contributed by atoms with E-state index < -0.39 is 24.2 Å². The number of furan rings is 1. The molecule has 0 radical (unpaired) electrons. The van der Waals surface area contributed by atoms with E-state index in [1.807, 2.05) is 32.6 Å². The standard InChI is InChI=1S/C28H43N5O5/c1-18(2)13-22-27(36)31(16-20-9-6-5-7-10-20)17-25-32(22)26(35)21(30-24(34)14-19(3)4)15-29-33(25)28(37)23-11-8-12-38-23/h8,11-12,18-22,25,29H,5-7,9-10,13-17H2,1-4H3,(H,30,34)/t21?,22-,25?/m0/s1. The third kappa shape index (κ3) is 6.39. The van der Waals surface area contributed by atoms with Gasteiger partial charge in [-0.3, -0.25) is 19.2 Å². The minimum absolute atomic E-state index is 0.0351. The molecule has 3 fully saturated rings. The summed E-state index contributed by atoms with van der Waals surface area (Å²) in [5.74, 6) is -0.223. The molecule has 2 aliphatic heterocycles. The molecule has 4 rings (SSSR count). The molecule has 0 aromatic carbocycles. The summed E-state index contributed by atoms with van der Waals surface area (Å²) in [4.78, 5) is 57.6. The van der Waals surface area contributed by atoms with Gasteiger partial charge in [0, 0.05) is 19.5 Å². The second-order valence-corrected chi connectivity index (χ2v) is 11.9. The zero-order chi connectivity index (χ0) is 27.4. The maximum absolute atomic E-state index is 14.0. The number of amides is 4. The first kappa shape index (κ1) is 28.1. The van der Waals surface area contributed by atoms with Crippen LogP contribution in [0.1, 0.15) is 83.2 Å². The van der Waals surface area contributed by atoms with Crippen LogP contribution >= 0.6 is 0 Å². The van der Waals surface area contributed by atoms with E-state index in [4.69, 9.17) is 4.42 Å². The lowest BCUT2D eigenvalue weighted by Crippen LogP contribution is -2.70. The number of carbonyl (C=O) groups excluding carboxylic acids is 4. The van der Waals surface area contributed by atoms with Crippen molar-refractivity contribution in [3.8, 4) is 0 Å². The molecule has 3 atom stereocenters. The zero-order valence-corrected chi connectivity index (χ0v) is 23.2. The van der Waals surface area contributed by atoms with Gasteiger partial charge in [-0.15, -0.1) is 0 Å². The Morgan fingerprint density at radius 3 is 2.45 bits per heavy atom. The van der Waals surface area contributed by atoms with Gasteiger partial charge in [0.05, 0.1) is 12.8 Å². The quantitative estimate of drug-likeness (QED) is 0.535. The molecule has 0 spiro atoms. The van der Waals surface area contributed by atoms with Crippen LogP contribution in [0.2, 0.25) is 0 Å². The Balaban J connectivity index is 1.68. The fourth-order valence-electron chi connectivity index (χ4n) is 5.95. The van der Waals surface area contributed by atoms with Crippen molar-refractivity contribution in [2.24, 2.45) is 17.8 Å². The van der Waals surface area contributed by atoms with Crippen molar-refractivity contribution in [3.63, 3.8) is 0 Å². The fourth-order valence-corrected chi connectivity index (χ4v) is 5.95. The van der Waals surface area contributed by atoms with Gasteiger partial charge in [0.2, 0.25) is 17.7 Å². The molecular formula is C28H43N5O5. The third-order valence-electron chi connectivity index (χ3n) is 7.73. The van der Waals surface area contributed by atoms with Crippen molar-refractivity contribution in [3.05, 3.63) is 24.2 Å². The Morgan fingerprint density at radius 2 is 1.82 bits per heavy atom. The van der Waals surface area contributed by atoms with E-state index in [9.17, 15) is 19.2 Å². The predicted octanol–water partition coefficient (Wildman–Crippen LogP) is 2.76. The summed E-state index contributed by atoms with van der Waals surface area (Å²) in [6.45, 7) is 8.80. The van der Waals surface area contributed by atoms with E-state index in [1.54, 1.807) is 17.0 Å². The molecule has 3 heterocycles. The third-order valence-corrected chi connectivity index (χ3v) is 7.73. The van der Waals surface area contributed by atoms with Crippen LogP contribution in [-0.4, -0.2) is 76.3 Å². The highest BCUT2D eigenvalue weighted by Gasteiger charge is 2.50. The highest BCUT2D eigenvalue weighted by atomic mass is 16.3. The highest BCUT2D eigenvalue weighted by molar-refractivity contribution is 5.96. The molecular weight excluding hydrogens is 486 g/mol. The molecule has 3 aliphatic rings. The minimum atomic E-state index is -0.898. The van der Waals surface area contributed by atoms with Gasteiger partial charge >= 0.3 is 5.91 Å². The number of rotatable bonds is 8. The van der Waals surface area contributed by atoms with Crippen molar-refractivity contribution in [1.82, 2.24) is 25.6 Å². The van der Waals surface area contributed by atoms with E-state index in [0.717, 1.165) is 12.8 Å². The Kier molecular flexibility index (Phi) is 9.12. The summed E-state index contributed by atoms with van der Waals surface area (Å²) in [6, 6.07) is 1.61. The molecule has 2 saturated heterocycles. The molecule has 4 amide bonds. The van der Waals surface area contributed by atoms with Gasteiger partial charge in [-0.2, -0.15) is 0 Å². The number of piperazine rings is 1. The van der Waals surface area contributed by atoms with Crippen molar-refractivity contribution in [2.75, 3.05) is 19.6 Å². The number of hydrogen-bond donors (Lipinski definition) is 2. The van der Waals surface area contributed by atoms with E-state index in [1.165, 1.54) is 30.5 Å². The van der Waals surface area contributed by atoms with Gasteiger partial charge in [-0.05, 0) is 49.1 Å². The first-order valence-electron chi connectivity index (χ1n) is 14.2. The fraction of sp³-hybridized carbons (Fsp3) is 0.714. The van der Waals surface area contributed by atoms with Gasteiger partial charge in [-0.1, -0.05) is 47.0 Å². The lowest BCUT2D eigenvalue weighted by molar-refractivity contribution is -0.164. The average molecular weight is 530 g/mol. The molecule has 10 nitrogen and oxygen atoms in total. The van der Waals surface area contributed by atoms with Gasteiger partial charge in [0.1, 0.15) is 18.2 Å². The summed E-state index contributed by atoms with van der Waals surface area (Å²) in [6.07, 6.45) is 7.19. The lowest BCUT2D eigenvalue weighted by Gasteiger charge is -2.49. The minimum Gasteiger partial charge on any atom is -0.459 e.